The number of benzene rings is 2. The van der Waals surface area contributed by atoms with Gasteiger partial charge in [0, 0.05) is 16.3 Å². The molecule has 0 atom stereocenters. The van der Waals surface area contributed by atoms with E-state index in [0.717, 1.165) is 10.5 Å². The third kappa shape index (κ3) is 3.02. The van der Waals surface area contributed by atoms with Gasteiger partial charge in [-0.2, -0.15) is 5.26 Å². The van der Waals surface area contributed by atoms with Crippen LogP contribution in [0.5, 0.6) is 0 Å². The van der Waals surface area contributed by atoms with Gasteiger partial charge < -0.3 is 5.73 Å². The molecule has 0 aromatic heterocycles. The highest BCUT2D eigenvalue weighted by Gasteiger charge is 2.03. The number of anilines is 1. The molecule has 2 N–H and O–H groups in total. The zero-order valence-electron chi connectivity index (χ0n) is 9.56. The van der Waals surface area contributed by atoms with E-state index in [9.17, 15) is 4.39 Å². The zero-order chi connectivity index (χ0) is 13.0. The zero-order valence-corrected chi connectivity index (χ0v) is 10.4. The monoisotopic (exact) mass is 258 g/mol. The van der Waals surface area contributed by atoms with Gasteiger partial charge in [-0.15, -0.1) is 11.8 Å². The van der Waals surface area contributed by atoms with Crippen LogP contribution in [0.1, 0.15) is 11.1 Å². The molecule has 0 bridgehead atoms. The van der Waals surface area contributed by atoms with Crippen molar-refractivity contribution in [1.82, 2.24) is 0 Å². The molecule has 0 saturated heterocycles. The number of nitriles is 1. The Morgan fingerprint density at radius 1 is 1.22 bits per heavy atom. The summed E-state index contributed by atoms with van der Waals surface area (Å²) in [6.07, 6.45) is 0. The van der Waals surface area contributed by atoms with E-state index in [1.54, 1.807) is 12.1 Å². The Labute approximate surface area is 109 Å². The Hall–Kier alpha value is -1.99. The van der Waals surface area contributed by atoms with Gasteiger partial charge in [0.1, 0.15) is 5.82 Å². The topological polar surface area (TPSA) is 49.8 Å². The van der Waals surface area contributed by atoms with E-state index in [1.807, 2.05) is 18.2 Å². The summed E-state index contributed by atoms with van der Waals surface area (Å²) in [6, 6.07) is 13.9. The average molecular weight is 258 g/mol. The Morgan fingerprint density at radius 2 is 2.06 bits per heavy atom. The Balaban J connectivity index is 2.09. The van der Waals surface area contributed by atoms with Crippen molar-refractivity contribution >= 4 is 17.4 Å². The highest BCUT2D eigenvalue weighted by molar-refractivity contribution is 7.98. The number of nitrogen functional groups attached to an aromatic ring is 1. The van der Waals surface area contributed by atoms with Gasteiger partial charge in [-0.05, 0) is 35.9 Å². The van der Waals surface area contributed by atoms with Crippen molar-refractivity contribution < 1.29 is 4.39 Å². The molecule has 90 valence electrons. The normalized spacial score (nSPS) is 10.0. The van der Waals surface area contributed by atoms with E-state index in [4.69, 9.17) is 11.0 Å². The number of halogens is 1. The lowest BCUT2D eigenvalue weighted by Crippen LogP contribution is -1.90. The van der Waals surface area contributed by atoms with Crippen LogP contribution in [0.3, 0.4) is 0 Å². The lowest BCUT2D eigenvalue weighted by Gasteiger charge is -2.05. The summed E-state index contributed by atoms with van der Waals surface area (Å²) in [4.78, 5) is 0.846. The molecule has 18 heavy (non-hydrogen) atoms. The van der Waals surface area contributed by atoms with Crippen molar-refractivity contribution in [2.75, 3.05) is 5.73 Å². The third-order valence-corrected chi connectivity index (χ3v) is 3.58. The number of thioether (sulfide) groups is 1. The van der Waals surface area contributed by atoms with Gasteiger partial charge in [0.05, 0.1) is 11.6 Å². The Kier molecular flexibility index (Phi) is 3.85. The minimum atomic E-state index is -0.330. The van der Waals surface area contributed by atoms with Crippen molar-refractivity contribution in [3.63, 3.8) is 0 Å². The summed E-state index contributed by atoms with van der Waals surface area (Å²) < 4.78 is 12.9. The summed E-state index contributed by atoms with van der Waals surface area (Å²) >= 11 is 1.53. The summed E-state index contributed by atoms with van der Waals surface area (Å²) in [5.41, 5.74) is 7.85. The number of nitrogens with two attached hydrogens (primary N) is 1. The van der Waals surface area contributed by atoms with Gasteiger partial charge in [-0.25, -0.2) is 4.39 Å². The first-order valence-electron chi connectivity index (χ1n) is 5.36. The summed E-state index contributed by atoms with van der Waals surface area (Å²) in [6.45, 7) is 0. The van der Waals surface area contributed by atoms with E-state index >= 15 is 0 Å². The molecule has 0 amide bonds. The van der Waals surface area contributed by atoms with Crippen molar-refractivity contribution in [3.05, 3.63) is 59.4 Å². The number of hydrogen-bond acceptors (Lipinski definition) is 3. The van der Waals surface area contributed by atoms with E-state index in [2.05, 4.69) is 6.07 Å². The molecular weight excluding hydrogens is 247 g/mol. The van der Waals surface area contributed by atoms with Gasteiger partial charge in [-0.1, -0.05) is 12.1 Å². The second kappa shape index (κ2) is 5.56. The van der Waals surface area contributed by atoms with E-state index in [0.29, 0.717) is 17.0 Å². The highest BCUT2D eigenvalue weighted by atomic mass is 32.2. The van der Waals surface area contributed by atoms with Crippen LogP contribution in [0, 0.1) is 17.1 Å². The number of nitrogens with zero attached hydrogens (tertiary/aromatic N) is 1. The molecule has 0 spiro atoms. The molecule has 2 aromatic rings. The maximum atomic E-state index is 12.9. The summed E-state index contributed by atoms with van der Waals surface area (Å²) in [5.74, 6) is 0.370. The van der Waals surface area contributed by atoms with Crippen LogP contribution in [0.2, 0.25) is 0 Å². The quantitative estimate of drug-likeness (QED) is 0.676. The molecule has 0 aliphatic rings. The summed E-state index contributed by atoms with van der Waals surface area (Å²) in [5, 5.41) is 8.80. The predicted octanol–water partition coefficient (Wildman–Crippen LogP) is 3.57. The smallest absolute Gasteiger partial charge is 0.125 e. The molecule has 2 aromatic carbocycles. The first kappa shape index (κ1) is 12.5. The van der Waals surface area contributed by atoms with E-state index < -0.39 is 0 Å². The fourth-order valence-corrected chi connectivity index (χ4v) is 2.43. The summed E-state index contributed by atoms with van der Waals surface area (Å²) in [7, 11) is 0. The van der Waals surface area contributed by atoms with Crippen LogP contribution in [-0.4, -0.2) is 0 Å². The van der Waals surface area contributed by atoms with Crippen LogP contribution >= 0.6 is 11.8 Å². The van der Waals surface area contributed by atoms with Crippen LogP contribution in [0.25, 0.3) is 0 Å². The predicted molar refractivity (Wildman–Crippen MR) is 71.5 cm³/mol. The molecule has 0 aliphatic heterocycles. The van der Waals surface area contributed by atoms with Crippen LogP contribution in [0.4, 0.5) is 10.1 Å². The maximum absolute atomic E-state index is 12.9. The SMILES string of the molecule is N#Cc1cccc(CSc2ccc(F)cc2N)c1. The van der Waals surface area contributed by atoms with Crippen LogP contribution < -0.4 is 5.73 Å². The maximum Gasteiger partial charge on any atom is 0.125 e. The van der Waals surface area contributed by atoms with Crippen molar-refractivity contribution in [3.8, 4) is 6.07 Å². The lowest BCUT2D eigenvalue weighted by molar-refractivity contribution is 0.627. The third-order valence-electron chi connectivity index (χ3n) is 2.42. The Morgan fingerprint density at radius 3 is 2.78 bits per heavy atom. The number of hydrogen-bond donors (Lipinski definition) is 1. The average Bonchev–Trinajstić information content (AvgIpc) is 2.38. The first-order chi connectivity index (χ1) is 8.69. The minimum absolute atomic E-state index is 0.330. The molecular formula is C14H11FN2S. The van der Waals surface area contributed by atoms with E-state index in [-0.39, 0.29) is 5.82 Å². The van der Waals surface area contributed by atoms with Crippen molar-refractivity contribution in [2.24, 2.45) is 0 Å². The second-order valence-corrected chi connectivity index (χ2v) is 4.80. The van der Waals surface area contributed by atoms with Gasteiger partial charge in [0.25, 0.3) is 0 Å². The van der Waals surface area contributed by atoms with Crippen molar-refractivity contribution in [1.29, 1.82) is 5.26 Å². The molecule has 0 aliphatic carbocycles. The van der Waals surface area contributed by atoms with Crippen LogP contribution in [-0.2, 0) is 5.75 Å². The van der Waals surface area contributed by atoms with Crippen LogP contribution in [0.15, 0.2) is 47.4 Å². The molecule has 0 unspecified atom stereocenters. The second-order valence-electron chi connectivity index (χ2n) is 3.78. The molecule has 2 rings (SSSR count). The largest absolute Gasteiger partial charge is 0.398 e. The van der Waals surface area contributed by atoms with Gasteiger partial charge in [0.15, 0.2) is 0 Å². The lowest BCUT2D eigenvalue weighted by atomic mass is 10.2. The highest BCUT2D eigenvalue weighted by Crippen LogP contribution is 2.28. The fraction of sp³-hybridized carbons (Fsp3) is 0.0714. The van der Waals surface area contributed by atoms with Gasteiger partial charge in [0.2, 0.25) is 0 Å². The standard InChI is InChI=1S/C14H11FN2S/c15-12-4-5-14(13(17)7-12)18-9-11-3-1-2-10(6-11)8-16/h1-7H,9,17H2. The number of rotatable bonds is 3. The Bertz CT molecular complexity index is 605. The molecule has 0 heterocycles. The molecule has 2 nitrogen and oxygen atoms in total. The van der Waals surface area contributed by atoms with Crippen molar-refractivity contribution in [2.45, 2.75) is 10.6 Å². The molecule has 4 heteroatoms. The molecule has 0 fully saturated rings. The van der Waals surface area contributed by atoms with E-state index in [1.165, 1.54) is 23.9 Å². The fourth-order valence-electron chi connectivity index (χ4n) is 1.54. The molecule has 0 saturated carbocycles. The molecule has 0 radical (unpaired) electrons. The first-order valence-corrected chi connectivity index (χ1v) is 6.34. The minimum Gasteiger partial charge on any atom is -0.398 e. The van der Waals surface area contributed by atoms with Gasteiger partial charge in [-0.3, -0.25) is 0 Å². The van der Waals surface area contributed by atoms with Gasteiger partial charge >= 0.3 is 0 Å².